The molecule has 0 aliphatic carbocycles. The van der Waals surface area contributed by atoms with Gasteiger partial charge >= 0.3 is 0 Å². The van der Waals surface area contributed by atoms with Crippen LogP contribution in [0.15, 0.2) is 54.6 Å². The molecule has 0 heterocycles. The second-order valence-corrected chi connectivity index (χ2v) is 6.97. The average Bonchev–Trinajstić information content (AvgIpc) is 2.68. The summed E-state index contributed by atoms with van der Waals surface area (Å²) in [6, 6.07) is 19.5. The van der Waals surface area contributed by atoms with E-state index in [0.717, 1.165) is 18.5 Å². The van der Waals surface area contributed by atoms with Crippen LogP contribution in [0.3, 0.4) is 0 Å². The summed E-state index contributed by atoms with van der Waals surface area (Å²) in [5.41, 5.74) is 1.03. The average molecular weight is 347 g/mol. The lowest BCUT2D eigenvalue weighted by molar-refractivity contribution is 0.0422. The van der Waals surface area contributed by atoms with Crippen LogP contribution in [0.5, 0.6) is 0 Å². The maximum atomic E-state index is 10.1. The summed E-state index contributed by atoms with van der Waals surface area (Å²) in [4.78, 5) is 0. The molecule has 4 aromatic rings. The number of rotatable bonds is 8. The summed E-state index contributed by atoms with van der Waals surface area (Å²) in [6.45, 7) is 3.71. The summed E-state index contributed by atoms with van der Waals surface area (Å²) in [5, 5.41) is 21.1. The van der Waals surface area contributed by atoms with Crippen LogP contribution in [0.1, 0.15) is 19.8 Å². The highest BCUT2D eigenvalue weighted by Crippen LogP contribution is 2.36. The van der Waals surface area contributed by atoms with Gasteiger partial charge in [0.2, 0.25) is 0 Å². The summed E-state index contributed by atoms with van der Waals surface area (Å²) >= 11 is 0. The van der Waals surface area contributed by atoms with E-state index in [-0.39, 0.29) is 0 Å². The number of hydrogen-bond donors (Lipinski definition) is 2. The Hall–Kier alpha value is -2.36. The van der Waals surface area contributed by atoms with Crippen molar-refractivity contribution in [1.82, 2.24) is 0 Å². The highest BCUT2D eigenvalue weighted by Gasteiger charge is 2.10. The fourth-order valence-corrected chi connectivity index (χ4v) is 3.62. The Kier molecular flexibility index (Phi) is 4.91. The van der Waals surface area contributed by atoms with Gasteiger partial charge in [0.15, 0.2) is 0 Å². The quantitative estimate of drug-likeness (QED) is 0.341. The van der Waals surface area contributed by atoms with Gasteiger partial charge in [-0.2, -0.15) is 0 Å². The maximum Gasteiger partial charge on any atom is 0.0945 e. The lowest BCUT2D eigenvalue weighted by atomic mass is 9.94. The molecule has 3 nitrogen and oxygen atoms in total. The molecule has 2 N–H and O–H groups in total. The molecule has 0 bridgehead atoms. The van der Waals surface area contributed by atoms with Crippen molar-refractivity contribution < 1.29 is 9.84 Å². The predicted molar refractivity (Wildman–Crippen MR) is 110 cm³/mol. The van der Waals surface area contributed by atoms with Gasteiger partial charge in [0, 0.05) is 18.8 Å². The zero-order valence-electron chi connectivity index (χ0n) is 15.2. The first-order valence-corrected chi connectivity index (χ1v) is 9.43. The number of aliphatic hydroxyl groups is 1. The molecular formula is C23H25NO2. The molecule has 1 atom stereocenters. The largest absolute Gasteiger partial charge is 0.389 e. The van der Waals surface area contributed by atoms with Crippen LogP contribution in [0.25, 0.3) is 32.3 Å². The topological polar surface area (TPSA) is 41.5 Å². The van der Waals surface area contributed by atoms with Crippen molar-refractivity contribution in [3.63, 3.8) is 0 Å². The molecule has 0 amide bonds. The van der Waals surface area contributed by atoms with Crippen LogP contribution in [-0.2, 0) is 4.74 Å². The molecule has 0 spiro atoms. The monoisotopic (exact) mass is 347 g/mol. The van der Waals surface area contributed by atoms with Crippen molar-refractivity contribution in [2.24, 2.45) is 0 Å². The van der Waals surface area contributed by atoms with E-state index < -0.39 is 6.10 Å². The van der Waals surface area contributed by atoms with E-state index in [1.54, 1.807) is 0 Å². The van der Waals surface area contributed by atoms with Gasteiger partial charge in [0.25, 0.3) is 0 Å². The Morgan fingerprint density at radius 3 is 2.19 bits per heavy atom. The van der Waals surface area contributed by atoms with E-state index in [1.165, 1.54) is 32.3 Å². The molecule has 0 fully saturated rings. The van der Waals surface area contributed by atoms with E-state index in [2.05, 4.69) is 66.8 Å². The second kappa shape index (κ2) is 7.48. The van der Waals surface area contributed by atoms with Crippen LogP contribution < -0.4 is 5.32 Å². The third-order valence-electron chi connectivity index (χ3n) is 4.96. The number of unbranched alkanes of at least 4 members (excludes halogenated alkanes) is 1. The molecule has 0 radical (unpaired) electrons. The Bertz CT molecular complexity index is 947. The molecule has 1 unspecified atom stereocenters. The molecule has 4 rings (SSSR count). The Balaban J connectivity index is 1.55. The number of ether oxygens (including phenoxy) is 1. The molecule has 0 aliphatic heterocycles. The third kappa shape index (κ3) is 3.33. The fraction of sp³-hybridized carbons (Fsp3) is 0.304. The highest BCUT2D eigenvalue weighted by atomic mass is 16.5. The van der Waals surface area contributed by atoms with Crippen molar-refractivity contribution in [3.8, 4) is 0 Å². The van der Waals surface area contributed by atoms with Gasteiger partial charge in [-0.05, 0) is 50.9 Å². The molecule has 3 heteroatoms. The first-order valence-electron chi connectivity index (χ1n) is 9.43. The summed E-state index contributed by atoms with van der Waals surface area (Å²) in [7, 11) is 0. The fourth-order valence-electron chi connectivity index (χ4n) is 3.62. The van der Waals surface area contributed by atoms with E-state index in [4.69, 9.17) is 4.74 Å². The molecule has 26 heavy (non-hydrogen) atoms. The van der Waals surface area contributed by atoms with Gasteiger partial charge in [0.1, 0.15) is 0 Å². The minimum Gasteiger partial charge on any atom is -0.389 e. The molecule has 4 aromatic carbocycles. The SMILES string of the molecule is CCCCOCC(O)CNc1cc2ccc3cccc4ccc(c1)c2c34. The van der Waals surface area contributed by atoms with Gasteiger partial charge in [-0.15, -0.1) is 0 Å². The van der Waals surface area contributed by atoms with E-state index in [1.807, 2.05) is 0 Å². The van der Waals surface area contributed by atoms with Crippen molar-refractivity contribution >= 4 is 38.0 Å². The number of benzene rings is 4. The van der Waals surface area contributed by atoms with E-state index in [0.29, 0.717) is 19.8 Å². The minimum atomic E-state index is -0.502. The summed E-state index contributed by atoms with van der Waals surface area (Å²) < 4.78 is 5.49. The van der Waals surface area contributed by atoms with Crippen LogP contribution in [0, 0.1) is 0 Å². The van der Waals surface area contributed by atoms with Crippen molar-refractivity contribution in [3.05, 3.63) is 54.6 Å². The van der Waals surface area contributed by atoms with E-state index in [9.17, 15) is 5.11 Å². The molecule has 0 aliphatic rings. The highest BCUT2D eigenvalue weighted by molar-refractivity contribution is 6.23. The smallest absolute Gasteiger partial charge is 0.0945 e. The maximum absolute atomic E-state index is 10.1. The minimum absolute atomic E-state index is 0.376. The number of nitrogens with one attached hydrogen (secondary N) is 1. The molecule has 134 valence electrons. The van der Waals surface area contributed by atoms with E-state index >= 15 is 0 Å². The number of anilines is 1. The summed E-state index contributed by atoms with van der Waals surface area (Å²) in [6.07, 6.45) is 1.65. The van der Waals surface area contributed by atoms with Crippen molar-refractivity contribution in [2.45, 2.75) is 25.9 Å². The Morgan fingerprint density at radius 2 is 1.54 bits per heavy atom. The van der Waals surface area contributed by atoms with Crippen LogP contribution in [0.4, 0.5) is 5.69 Å². The zero-order chi connectivity index (χ0) is 17.9. The van der Waals surface area contributed by atoms with Crippen LogP contribution in [0.2, 0.25) is 0 Å². The van der Waals surface area contributed by atoms with Gasteiger partial charge in [-0.25, -0.2) is 0 Å². The molecule has 0 saturated carbocycles. The first kappa shape index (κ1) is 17.1. The van der Waals surface area contributed by atoms with Gasteiger partial charge in [-0.3, -0.25) is 0 Å². The van der Waals surface area contributed by atoms with Crippen molar-refractivity contribution in [2.75, 3.05) is 25.1 Å². The van der Waals surface area contributed by atoms with Crippen molar-refractivity contribution in [1.29, 1.82) is 0 Å². The molecular weight excluding hydrogens is 322 g/mol. The standard InChI is InChI=1S/C23H25NO2/c1-2-3-11-26-15-21(25)14-24-20-12-18-9-7-16-5-4-6-17-8-10-19(13-20)23(18)22(16)17/h4-10,12-13,21,24-25H,2-3,11,14-15H2,1H3. The van der Waals surface area contributed by atoms with Crippen LogP contribution >= 0.6 is 0 Å². The van der Waals surface area contributed by atoms with Gasteiger partial charge in [-0.1, -0.05) is 55.8 Å². The Morgan fingerprint density at radius 1 is 0.923 bits per heavy atom. The second-order valence-electron chi connectivity index (χ2n) is 6.97. The number of aliphatic hydroxyl groups excluding tert-OH is 1. The molecule has 0 aromatic heterocycles. The third-order valence-corrected chi connectivity index (χ3v) is 4.96. The normalized spacial score (nSPS) is 13.0. The predicted octanol–water partition coefficient (Wildman–Crippen LogP) is 5.17. The molecule has 0 saturated heterocycles. The lowest BCUT2D eigenvalue weighted by Crippen LogP contribution is -2.25. The van der Waals surface area contributed by atoms with Crippen LogP contribution in [-0.4, -0.2) is 31.0 Å². The summed E-state index contributed by atoms with van der Waals surface area (Å²) in [5.74, 6) is 0. The first-order chi connectivity index (χ1) is 12.8. The number of hydrogen-bond acceptors (Lipinski definition) is 3. The zero-order valence-corrected chi connectivity index (χ0v) is 15.2. The van der Waals surface area contributed by atoms with Gasteiger partial charge < -0.3 is 15.2 Å². The van der Waals surface area contributed by atoms with Gasteiger partial charge in [0.05, 0.1) is 12.7 Å². The Labute approximate surface area is 153 Å². The lowest BCUT2D eigenvalue weighted by Gasteiger charge is -2.16.